The van der Waals surface area contributed by atoms with E-state index < -0.39 is 0 Å². The van der Waals surface area contributed by atoms with Gasteiger partial charge in [-0.1, -0.05) is 40.2 Å². The van der Waals surface area contributed by atoms with Crippen molar-refractivity contribution < 1.29 is 4.39 Å². The van der Waals surface area contributed by atoms with Gasteiger partial charge >= 0.3 is 0 Å². The van der Waals surface area contributed by atoms with Crippen LogP contribution in [-0.2, 0) is 6.54 Å². The van der Waals surface area contributed by atoms with Crippen LogP contribution in [0.15, 0.2) is 53.0 Å². The Hall–Kier alpha value is -1.19. The molecule has 0 aliphatic heterocycles. The zero-order chi connectivity index (χ0) is 13.0. The van der Waals surface area contributed by atoms with Crippen molar-refractivity contribution in [2.45, 2.75) is 19.5 Å². The third-order valence-corrected chi connectivity index (χ3v) is 3.40. The van der Waals surface area contributed by atoms with Crippen LogP contribution >= 0.6 is 15.9 Å². The molecule has 0 unspecified atom stereocenters. The van der Waals surface area contributed by atoms with Crippen molar-refractivity contribution >= 4 is 15.9 Å². The van der Waals surface area contributed by atoms with E-state index in [9.17, 15) is 4.39 Å². The summed E-state index contributed by atoms with van der Waals surface area (Å²) >= 11 is 3.42. The lowest BCUT2D eigenvalue weighted by atomic mass is 10.1. The summed E-state index contributed by atoms with van der Waals surface area (Å²) in [6, 6.07) is 15.1. The Morgan fingerprint density at radius 2 is 1.89 bits per heavy atom. The number of halogens is 2. The summed E-state index contributed by atoms with van der Waals surface area (Å²) in [7, 11) is 0. The van der Waals surface area contributed by atoms with Crippen LogP contribution in [0.25, 0.3) is 0 Å². The van der Waals surface area contributed by atoms with Crippen LogP contribution in [0.5, 0.6) is 0 Å². The number of nitrogens with one attached hydrogen (secondary N) is 1. The topological polar surface area (TPSA) is 12.0 Å². The first kappa shape index (κ1) is 13.2. The maximum atomic E-state index is 13.0. The van der Waals surface area contributed by atoms with Gasteiger partial charge in [0.25, 0.3) is 0 Å². The molecule has 0 aromatic heterocycles. The highest BCUT2D eigenvalue weighted by Crippen LogP contribution is 2.17. The van der Waals surface area contributed by atoms with Crippen molar-refractivity contribution in [3.63, 3.8) is 0 Å². The standard InChI is InChI=1S/C15H15BrFN/c1-11(13-5-7-14(16)8-6-13)18-10-12-3-2-4-15(17)9-12/h2-9,11,18H,10H2,1H3/t11-/m0/s1. The van der Waals surface area contributed by atoms with Crippen molar-refractivity contribution in [3.05, 3.63) is 69.9 Å². The Morgan fingerprint density at radius 1 is 1.17 bits per heavy atom. The number of hydrogen-bond acceptors (Lipinski definition) is 1. The van der Waals surface area contributed by atoms with Gasteiger partial charge in [-0.3, -0.25) is 0 Å². The zero-order valence-electron chi connectivity index (χ0n) is 10.2. The summed E-state index contributed by atoms with van der Waals surface area (Å²) < 4.78 is 14.1. The first-order valence-electron chi connectivity index (χ1n) is 5.88. The van der Waals surface area contributed by atoms with Gasteiger partial charge in [0.2, 0.25) is 0 Å². The molecule has 0 saturated carbocycles. The molecule has 2 aromatic rings. The number of hydrogen-bond donors (Lipinski definition) is 1. The van der Waals surface area contributed by atoms with E-state index in [1.807, 2.05) is 18.2 Å². The summed E-state index contributed by atoms with van der Waals surface area (Å²) in [4.78, 5) is 0. The SMILES string of the molecule is C[C@H](NCc1cccc(F)c1)c1ccc(Br)cc1. The van der Waals surface area contributed by atoms with Crippen LogP contribution in [-0.4, -0.2) is 0 Å². The molecule has 0 amide bonds. The smallest absolute Gasteiger partial charge is 0.123 e. The van der Waals surface area contributed by atoms with E-state index in [1.165, 1.54) is 11.6 Å². The predicted molar refractivity (Wildman–Crippen MR) is 75.8 cm³/mol. The van der Waals surface area contributed by atoms with Crippen molar-refractivity contribution in [1.82, 2.24) is 5.32 Å². The van der Waals surface area contributed by atoms with Gasteiger partial charge in [-0.25, -0.2) is 4.39 Å². The molecule has 3 heteroatoms. The highest BCUT2D eigenvalue weighted by molar-refractivity contribution is 9.10. The van der Waals surface area contributed by atoms with Gasteiger partial charge in [0.05, 0.1) is 0 Å². The minimum atomic E-state index is -0.189. The van der Waals surface area contributed by atoms with Gasteiger partial charge in [0.1, 0.15) is 5.82 Å². The van der Waals surface area contributed by atoms with E-state index in [0.29, 0.717) is 6.54 Å². The van der Waals surface area contributed by atoms with E-state index in [1.54, 1.807) is 12.1 Å². The second kappa shape index (κ2) is 6.12. The van der Waals surface area contributed by atoms with Gasteiger partial charge in [0, 0.05) is 17.1 Å². The lowest BCUT2D eigenvalue weighted by molar-refractivity contribution is 0.569. The van der Waals surface area contributed by atoms with Gasteiger partial charge in [0.15, 0.2) is 0 Å². The first-order valence-corrected chi connectivity index (χ1v) is 6.68. The molecular formula is C15H15BrFN. The summed E-state index contributed by atoms with van der Waals surface area (Å²) in [5.41, 5.74) is 2.17. The molecule has 94 valence electrons. The summed E-state index contributed by atoms with van der Waals surface area (Å²) in [5, 5.41) is 3.38. The molecule has 0 heterocycles. The van der Waals surface area contributed by atoms with Gasteiger partial charge in [-0.05, 0) is 42.3 Å². The third kappa shape index (κ3) is 3.65. The summed E-state index contributed by atoms with van der Waals surface area (Å²) in [6.45, 7) is 2.76. The Bertz CT molecular complexity index is 510. The lowest BCUT2D eigenvalue weighted by Gasteiger charge is -2.14. The Morgan fingerprint density at radius 3 is 2.56 bits per heavy atom. The molecule has 18 heavy (non-hydrogen) atoms. The van der Waals surface area contributed by atoms with Crippen molar-refractivity contribution in [2.75, 3.05) is 0 Å². The van der Waals surface area contributed by atoms with Gasteiger partial charge < -0.3 is 5.32 Å². The molecular weight excluding hydrogens is 293 g/mol. The van der Waals surface area contributed by atoms with Crippen LogP contribution < -0.4 is 5.32 Å². The van der Waals surface area contributed by atoms with Crippen LogP contribution in [0, 0.1) is 5.82 Å². The molecule has 1 N–H and O–H groups in total. The second-order valence-electron chi connectivity index (χ2n) is 4.28. The largest absolute Gasteiger partial charge is 0.306 e. The van der Waals surface area contributed by atoms with Crippen molar-refractivity contribution in [1.29, 1.82) is 0 Å². The average Bonchev–Trinajstić information content (AvgIpc) is 2.37. The number of rotatable bonds is 4. The molecule has 0 aliphatic rings. The summed E-state index contributed by atoms with van der Waals surface area (Å²) in [5.74, 6) is -0.189. The van der Waals surface area contributed by atoms with Crippen LogP contribution in [0.1, 0.15) is 24.1 Å². The molecule has 0 saturated heterocycles. The zero-order valence-corrected chi connectivity index (χ0v) is 11.7. The third-order valence-electron chi connectivity index (χ3n) is 2.87. The lowest BCUT2D eigenvalue weighted by Crippen LogP contribution is -2.18. The molecule has 0 radical (unpaired) electrons. The van der Waals surface area contributed by atoms with Gasteiger partial charge in [-0.2, -0.15) is 0 Å². The fourth-order valence-electron chi connectivity index (χ4n) is 1.79. The normalized spacial score (nSPS) is 12.4. The van der Waals surface area contributed by atoms with E-state index in [4.69, 9.17) is 0 Å². The molecule has 0 spiro atoms. The molecule has 0 bridgehead atoms. The van der Waals surface area contributed by atoms with Crippen LogP contribution in [0.4, 0.5) is 4.39 Å². The van der Waals surface area contributed by atoms with Crippen LogP contribution in [0.2, 0.25) is 0 Å². The highest BCUT2D eigenvalue weighted by Gasteiger charge is 2.04. The Kier molecular flexibility index (Phi) is 4.50. The second-order valence-corrected chi connectivity index (χ2v) is 5.20. The molecule has 1 atom stereocenters. The average molecular weight is 308 g/mol. The summed E-state index contributed by atoms with van der Waals surface area (Å²) in [6.07, 6.45) is 0. The molecule has 2 rings (SSSR count). The van der Waals surface area contributed by atoms with E-state index >= 15 is 0 Å². The minimum absolute atomic E-state index is 0.189. The van der Waals surface area contributed by atoms with Gasteiger partial charge in [-0.15, -0.1) is 0 Å². The first-order chi connectivity index (χ1) is 8.65. The number of benzene rings is 2. The van der Waals surface area contributed by atoms with Crippen LogP contribution in [0.3, 0.4) is 0 Å². The fourth-order valence-corrected chi connectivity index (χ4v) is 2.05. The van der Waals surface area contributed by atoms with E-state index in [2.05, 4.69) is 40.3 Å². The maximum Gasteiger partial charge on any atom is 0.123 e. The maximum absolute atomic E-state index is 13.0. The van der Waals surface area contributed by atoms with Crippen molar-refractivity contribution in [3.8, 4) is 0 Å². The molecule has 0 fully saturated rings. The Labute approximate surface area is 115 Å². The quantitative estimate of drug-likeness (QED) is 0.880. The predicted octanol–water partition coefficient (Wildman–Crippen LogP) is 4.44. The molecule has 2 aromatic carbocycles. The monoisotopic (exact) mass is 307 g/mol. The van der Waals surface area contributed by atoms with E-state index in [-0.39, 0.29) is 11.9 Å². The molecule has 0 aliphatic carbocycles. The Balaban J connectivity index is 1.96. The van der Waals surface area contributed by atoms with Crippen molar-refractivity contribution in [2.24, 2.45) is 0 Å². The van der Waals surface area contributed by atoms with E-state index in [0.717, 1.165) is 10.0 Å². The minimum Gasteiger partial charge on any atom is -0.306 e. The molecule has 1 nitrogen and oxygen atoms in total. The fraction of sp³-hybridized carbons (Fsp3) is 0.200. The highest BCUT2D eigenvalue weighted by atomic mass is 79.9.